The van der Waals surface area contributed by atoms with Crippen molar-refractivity contribution in [1.29, 1.82) is 0 Å². The summed E-state index contributed by atoms with van der Waals surface area (Å²) in [5.74, 6) is 0.628. The van der Waals surface area contributed by atoms with Gasteiger partial charge < -0.3 is 30.3 Å². The third-order valence-electron chi connectivity index (χ3n) is 9.17. The van der Waals surface area contributed by atoms with E-state index in [0.717, 1.165) is 88.6 Å². The van der Waals surface area contributed by atoms with E-state index in [1.165, 1.54) is 12.8 Å². The zero-order valence-corrected chi connectivity index (χ0v) is 25.7. The fraction of sp³-hybridized carbons (Fsp3) is 0.588. The van der Waals surface area contributed by atoms with Crippen LogP contribution >= 0.6 is 0 Å². The maximum atomic E-state index is 13.5. The highest BCUT2D eigenvalue weighted by atomic mass is 16.5. The van der Waals surface area contributed by atoms with Crippen LogP contribution in [0.2, 0.25) is 0 Å². The molecule has 9 heteroatoms. The summed E-state index contributed by atoms with van der Waals surface area (Å²) >= 11 is 0. The van der Waals surface area contributed by atoms with Gasteiger partial charge in [-0.3, -0.25) is 14.5 Å². The lowest BCUT2D eigenvalue weighted by atomic mass is 9.80. The molecule has 2 amide bonds. The number of ether oxygens (including phenoxy) is 2. The molecule has 0 aromatic heterocycles. The first-order valence-electron chi connectivity index (χ1n) is 16.2. The highest BCUT2D eigenvalue weighted by Gasteiger charge is 2.40. The molecule has 3 N–H and O–H groups in total. The van der Waals surface area contributed by atoms with Crippen LogP contribution in [-0.2, 0) is 9.53 Å². The Hall–Kier alpha value is -3.30. The minimum absolute atomic E-state index is 0.0920. The first kappa shape index (κ1) is 31.1. The minimum Gasteiger partial charge on any atom is -0.490 e. The molecule has 0 atom stereocenters. The van der Waals surface area contributed by atoms with E-state index < -0.39 is 5.54 Å². The van der Waals surface area contributed by atoms with Gasteiger partial charge in [-0.25, -0.2) is 0 Å². The highest BCUT2D eigenvalue weighted by Crippen LogP contribution is 2.29. The van der Waals surface area contributed by atoms with Gasteiger partial charge in [0.15, 0.2) is 0 Å². The Morgan fingerprint density at radius 1 is 0.860 bits per heavy atom. The van der Waals surface area contributed by atoms with Crippen molar-refractivity contribution in [1.82, 2.24) is 15.5 Å². The molecule has 9 nitrogen and oxygen atoms in total. The second-order valence-corrected chi connectivity index (χ2v) is 12.2. The van der Waals surface area contributed by atoms with Crippen LogP contribution < -0.4 is 25.6 Å². The van der Waals surface area contributed by atoms with Crippen molar-refractivity contribution < 1.29 is 19.1 Å². The highest BCUT2D eigenvalue weighted by molar-refractivity contribution is 5.99. The average Bonchev–Trinajstić information content (AvgIpc) is 3.56. The van der Waals surface area contributed by atoms with Crippen LogP contribution in [0.3, 0.4) is 0 Å². The number of nitrogens with zero attached hydrogens (tertiary/aromatic N) is 2. The van der Waals surface area contributed by atoms with Crippen molar-refractivity contribution >= 4 is 23.2 Å². The van der Waals surface area contributed by atoms with Gasteiger partial charge >= 0.3 is 0 Å². The summed E-state index contributed by atoms with van der Waals surface area (Å²) in [6.45, 7) is 6.69. The number of carbonyl (C=O) groups is 2. The van der Waals surface area contributed by atoms with Crippen LogP contribution in [0, 0.1) is 0 Å². The maximum absolute atomic E-state index is 13.5. The van der Waals surface area contributed by atoms with E-state index in [-0.39, 0.29) is 11.8 Å². The average molecular weight is 592 g/mol. The molecule has 0 unspecified atom stereocenters. The van der Waals surface area contributed by atoms with Crippen LogP contribution in [0.1, 0.15) is 68.1 Å². The van der Waals surface area contributed by atoms with Crippen LogP contribution in [0.4, 0.5) is 11.4 Å². The van der Waals surface area contributed by atoms with Crippen molar-refractivity contribution in [2.24, 2.45) is 0 Å². The van der Waals surface area contributed by atoms with Gasteiger partial charge in [0.25, 0.3) is 5.91 Å². The number of piperazine rings is 1. The van der Waals surface area contributed by atoms with Gasteiger partial charge in [0.05, 0.1) is 12.7 Å². The van der Waals surface area contributed by atoms with Crippen molar-refractivity contribution in [3.8, 4) is 5.75 Å². The number of benzene rings is 2. The molecule has 0 spiro atoms. The second-order valence-electron chi connectivity index (χ2n) is 12.2. The minimum atomic E-state index is -0.869. The molecule has 43 heavy (non-hydrogen) atoms. The summed E-state index contributed by atoms with van der Waals surface area (Å²) in [5.41, 5.74) is 1.83. The smallest absolute Gasteiger partial charge is 0.252 e. The quantitative estimate of drug-likeness (QED) is 0.297. The zero-order chi connectivity index (χ0) is 29.9. The third-order valence-corrected chi connectivity index (χ3v) is 9.17. The second kappa shape index (κ2) is 15.4. The van der Waals surface area contributed by atoms with Crippen molar-refractivity contribution in [2.45, 2.75) is 69.4 Å². The lowest BCUT2D eigenvalue weighted by molar-refractivity contribution is -0.128. The van der Waals surface area contributed by atoms with Crippen molar-refractivity contribution in [3.05, 3.63) is 54.1 Å². The number of nitrogens with one attached hydrogen (secondary N) is 3. The molecule has 3 fully saturated rings. The maximum Gasteiger partial charge on any atom is 0.252 e. The predicted molar refractivity (Wildman–Crippen MR) is 171 cm³/mol. The Balaban J connectivity index is 1.09. The fourth-order valence-electron chi connectivity index (χ4n) is 6.53. The molecule has 5 rings (SSSR count). The Labute approximate surface area is 256 Å². The Morgan fingerprint density at radius 2 is 1.56 bits per heavy atom. The number of hydrogen-bond donors (Lipinski definition) is 3. The lowest BCUT2D eigenvalue weighted by Gasteiger charge is -2.37. The lowest BCUT2D eigenvalue weighted by Crippen LogP contribution is -2.60. The topological polar surface area (TPSA) is 95.2 Å². The SMILES string of the molecule is COCCN1CCN(c2ccc(C(=O)NC3(C(=O)NCCNc4ccc(OC5CCCC5)cc4)CCCCC3)cc2)CC1. The molecule has 1 aliphatic heterocycles. The monoisotopic (exact) mass is 591 g/mol. The molecule has 0 radical (unpaired) electrons. The van der Waals surface area contributed by atoms with Crippen molar-refractivity contribution in [2.75, 3.05) is 69.7 Å². The Morgan fingerprint density at radius 3 is 2.23 bits per heavy atom. The number of anilines is 2. The number of rotatable bonds is 13. The van der Waals surface area contributed by atoms with E-state index in [1.54, 1.807) is 7.11 Å². The van der Waals surface area contributed by atoms with Crippen LogP contribution in [-0.4, -0.2) is 87.9 Å². The fourth-order valence-corrected chi connectivity index (χ4v) is 6.53. The molecule has 234 valence electrons. The third kappa shape index (κ3) is 8.63. The summed E-state index contributed by atoms with van der Waals surface area (Å²) in [5, 5.41) is 9.62. The van der Waals surface area contributed by atoms with Crippen molar-refractivity contribution in [3.63, 3.8) is 0 Å². The Kier molecular flexibility index (Phi) is 11.2. The summed E-state index contributed by atoms with van der Waals surface area (Å²) in [6.07, 6.45) is 9.39. The number of methoxy groups -OCH3 is 1. The van der Waals surface area contributed by atoms with Crippen LogP contribution in [0.15, 0.2) is 48.5 Å². The van der Waals surface area contributed by atoms with Crippen LogP contribution in [0.25, 0.3) is 0 Å². The molecule has 2 aromatic carbocycles. The molecular weight excluding hydrogens is 542 g/mol. The van der Waals surface area contributed by atoms with E-state index in [0.29, 0.717) is 37.6 Å². The molecule has 1 heterocycles. The van der Waals surface area contributed by atoms with Gasteiger partial charge in [-0.05, 0) is 87.1 Å². The molecular formula is C34H49N5O4. The standard InChI is InChI=1S/C34H49N5O4/c1-42-26-25-38-21-23-39(24-22-38)29-13-9-27(10-14-29)32(40)37-34(17-5-2-6-18-34)33(41)36-20-19-35-28-11-15-31(16-12-28)43-30-7-3-4-8-30/h9-16,30,35H,2-8,17-26H2,1H3,(H,36,41)(H,37,40). The number of amides is 2. The number of hydrogen-bond acceptors (Lipinski definition) is 7. The first-order chi connectivity index (χ1) is 21.0. The van der Waals surface area contributed by atoms with Gasteiger partial charge in [-0.1, -0.05) is 19.3 Å². The molecule has 2 saturated carbocycles. The normalized spacial score (nSPS) is 19.1. The van der Waals surface area contributed by atoms with E-state index in [2.05, 4.69) is 25.8 Å². The largest absolute Gasteiger partial charge is 0.490 e. The van der Waals surface area contributed by atoms with E-state index >= 15 is 0 Å². The first-order valence-corrected chi connectivity index (χ1v) is 16.2. The summed E-state index contributed by atoms with van der Waals surface area (Å²) < 4.78 is 11.3. The predicted octanol–water partition coefficient (Wildman–Crippen LogP) is 4.44. The van der Waals surface area contributed by atoms with E-state index in [4.69, 9.17) is 9.47 Å². The summed E-state index contributed by atoms with van der Waals surface area (Å²) in [7, 11) is 1.74. The molecule has 2 aromatic rings. The number of carbonyl (C=O) groups excluding carboxylic acids is 2. The van der Waals surface area contributed by atoms with Gasteiger partial charge in [0, 0.05) is 69.9 Å². The van der Waals surface area contributed by atoms with E-state index in [1.807, 2.05) is 48.5 Å². The van der Waals surface area contributed by atoms with Crippen LogP contribution in [0.5, 0.6) is 5.75 Å². The summed E-state index contributed by atoms with van der Waals surface area (Å²) in [6, 6.07) is 15.8. The van der Waals surface area contributed by atoms with Gasteiger partial charge in [0.1, 0.15) is 11.3 Å². The zero-order valence-electron chi connectivity index (χ0n) is 25.7. The Bertz CT molecular complexity index is 1150. The molecule has 2 aliphatic carbocycles. The molecule has 3 aliphatic rings. The summed E-state index contributed by atoms with van der Waals surface area (Å²) in [4.78, 5) is 31.6. The molecule has 1 saturated heterocycles. The van der Waals surface area contributed by atoms with Gasteiger partial charge in [-0.2, -0.15) is 0 Å². The van der Waals surface area contributed by atoms with Gasteiger partial charge in [0.2, 0.25) is 5.91 Å². The molecule has 0 bridgehead atoms. The van der Waals surface area contributed by atoms with Gasteiger partial charge in [-0.15, -0.1) is 0 Å². The van der Waals surface area contributed by atoms with E-state index in [9.17, 15) is 9.59 Å².